The van der Waals surface area contributed by atoms with E-state index in [1.54, 1.807) is 11.8 Å². The van der Waals surface area contributed by atoms with Crippen LogP contribution in [0.4, 0.5) is 0 Å². The van der Waals surface area contributed by atoms with Crippen molar-refractivity contribution in [3.63, 3.8) is 0 Å². The van der Waals surface area contributed by atoms with Crippen LogP contribution in [0.3, 0.4) is 0 Å². The van der Waals surface area contributed by atoms with E-state index >= 15 is 0 Å². The number of amides is 2. The Morgan fingerprint density at radius 1 is 1.07 bits per heavy atom. The van der Waals surface area contributed by atoms with E-state index in [1.807, 2.05) is 70.2 Å². The molecule has 5 nitrogen and oxygen atoms in total. The highest BCUT2D eigenvalue weighted by Gasteiger charge is 2.26. The molecule has 0 bridgehead atoms. The molecule has 156 valence electrons. The number of benzene rings is 2. The van der Waals surface area contributed by atoms with Crippen LogP contribution in [0, 0.1) is 20.8 Å². The molecule has 0 saturated carbocycles. The zero-order chi connectivity index (χ0) is 21.4. The third kappa shape index (κ3) is 6.34. The summed E-state index contributed by atoms with van der Waals surface area (Å²) in [6.07, 6.45) is 0.847. The SMILES string of the molecule is CCCNC(=O)[C@@H](C)N(Cc1ccccc1C)C(=O)COc1ccc(C)cc1C. The first kappa shape index (κ1) is 22.5. The third-order valence-corrected chi connectivity index (χ3v) is 5.00. The largest absolute Gasteiger partial charge is 0.483 e. The molecule has 0 radical (unpaired) electrons. The maximum atomic E-state index is 13.1. The Labute approximate surface area is 174 Å². The Balaban J connectivity index is 2.17. The molecule has 0 fully saturated rings. The fourth-order valence-corrected chi connectivity index (χ4v) is 3.13. The van der Waals surface area contributed by atoms with E-state index in [2.05, 4.69) is 5.32 Å². The van der Waals surface area contributed by atoms with Crippen molar-refractivity contribution in [2.75, 3.05) is 13.2 Å². The van der Waals surface area contributed by atoms with Crippen LogP contribution in [0.25, 0.3) is 0 Å². The molecule has 0 spiro atoms. The van der Waals surface area contributed by atoms with E-state index in [0.717, 1.165) is 28.7 Å². The second-order valence-corrected chi connectivity index (χ2v) is 7.47. The molecule has 1 N–H and O–H groups in total. The van der Waals surface area contributed by atoms with Crippen LogP contribution in [0.15, 0.2) is 42.5 Å². The predicted octanol–water partition coefficient (Wildman–Crippen LogP) is 3.93. The first-order valence-electron chi connectivity index (χ1n) is 10.1. The van der Waals surface area contributed by atoms with Gasteiger partial charge >= 0.3 is 0 Å². The summed E-state index contributed by atoms with van der Waals surface area (Å²) in [6.45, 7) is 10.6. The quantitative estimate of drug-likeness (QED) is 0.699. The van der Waals surface area contributed by atoms with Crippen molar-refractivity contribution in [3.05, 3.63) is 64.7 Å². The number of aryl methyl sites for hydroxylation is 3. The number of ether oxygens (including phenoxy) is 1. The standard InChI is InChI=1S/C24H32N2O3/c1-6-13-25-24(28)20(5)26(15-21-10-8-7-9-18(21)3)23(27)16-29-22-12-11-17(2)14-19(22)4/h7-12,14,20H,6,13,15-16H2,1-5H3,(H,25,28)/t20-/m1/s1. The van der Waals surface area contributed by atoms with Gasteiger partial charge < -0.3 is 15.0 Å². The van der Waals surface area contributed by atoms with Gasteiger partial charge in [-0.15, -0.1) is 0 Å². The summed E-state index contributed by atoms with van der Waals surface area (Å²) >= 11 is 0. The van der Waals surface area contributed by atoms with Crippen molar-refractivity contribution in [1.29, 1.82) is 0 Å². The van der Waals surface area contributed by atoms with Gasteiger partial charge in [0.25, 0.3) is 5.91 Å². The fraction of sp³-hybridized carbons (Fsp3) is 0.417. The lowest BCUT2D eigenvalue weighted by Crippen LogP contribution is -2.49. The van der Waals surface area contributed by atoms with E-state index in [9.17, 15) is 9.59 Å². The summed E-state index contributed by atoms with van der Waals surface area (Å²) in [7, 11) is 0. The molecule has 0 saturated heterocycles. The molecule has 0 aliphatic heterocycles. The predicted molar refractivity (Wildman–Crippen MR) is 116 cm³/mol. The highest BCUT2D eigenvalue weighted by atomic mass is 16.5. The monoisotopic (exact) mass is 396 g/mol. The smallest absolute Gasteiger partial charge is 0.261 e. The minimum atomic E-state index is -0.587. The van der Waals surface area contributed by atoms with Gasteiger partial charge in [-0.1, -0.05) is 48.9 Å². The number of carbonyl (C=O) groups excluding carboxylic acids is 2. The highest BCUT2D eigenvalue weighted by molar-refractivity contribution is 5.88. The maximum Gasteiger partial charge on any atom is 0.261 e. The minimum Gasteiger partial charge on any atom is -0.483 e. The number of nitrogens with one attached hydrogen (secondary N) is 1. The molecule has 0 heterocycles. The zero-order valence-electron chi connectivity index (χ0n) is 18.1. The van der Waals surface area contributed by atoms with Crippen LogP contribution in [0.1, 0.15) is 42.5 Å². The van der Waals surface area contributed by atoms with Gasteiger partial charge in [-0.2, -0.15) is 0 Å². The maximum absolute atomic E-state index is 13.1. The first-order chi connectivity index (χ1) is 13.8. The Hall–Kier alpha value is -2.82. The van der Waals surface area contributed by atoms with Crippen LogP contribution in [-0.4, -0.2) is 35.9 Å². The van der Waals surface area contributed by atoms with Crippen LogP contribution in [-0.2, 0) is 16.1 Å². The van der Waals surface area contributed by atoms with Gasteiger partial charge in [0.1, 0.15) is 11.8 Å². The van der Waals surface area contributed by atoms with Crippen molar-refractivity contribution >= 4 is 11.8 Å². The molecule has 0 aromatic heterocycles. The Morgan fingerprint density at radius 3 is 2.45 bits per heavy atom. The Kier molecular flexibility index (Phi) is 8.25. The van der Waals surface area contributed by atoms with Crippen molar-refractivity contribution < 1.29 is 14.3 Å². The van der Waals surface area contributed by atoms with Crippen molar-refractivity contribution in [1.82, 2.24) is 10.2 Å². The molecule has 0 unspecified atom stereocenters. The number of carbonyl (C=O) groups is 2. The molecule has 2 aromatic carbocycles. The van der Waals surface area contributed by atoms with Crippen LogP contribution in [0.2, 0.25) is 0 Å². The highest BCUT2D eigenvalue weighted by Crippen LogP contribution is 2.19. The van der Waals surface area contributed by atoms with E-state index in [4.69, 9.17) is 4.74 Å². The molecule has 0 aliphatic carbocycles. The lowest BCUT2D eigenvalue weighted by molar-refractivity contribution is -0.142. The molecular formula is C24H32N2O3. The number of hydrogen-bond donors (Lipinski definition) is 1. The lowest BCUT2D eigenvalue weighted by atomic mass is 10.1. The van der Waals surface area contributed by atoms with Crippen LogP contribution < -0.4 is 10.1 Å². The van der Waals surface area contributed by atoms with Gasteiger partial charge in [0.05, 0.1) is 0 Å². The van der Waals surface area contributed by atoms with E-state index in [1.165, 1.54) is 0 Å². The molecular weight excluding hydrogens is 364 g/mol. The molecule has 29 heavy (non-hydrogen) atoms. The van der Waals surface area contributed by atoms with Crippen LogP contribution in [0.5, 0.6) is 5.75 Å². The van der Waals surface area contributed by atoms with Crippen molar-refractivity contribution in [2.24, 2.45) is 0 Å². The van der Waals surface area contributed by atoms with Gasteiger partial charge in [0.15, 0.2) is 6.61 Å². The van der Waals surface area contributed by atoms with Gasteiger partial charge in [0.2, 0.25) is 5.91 Å². The number of hydrogen-bond acceptors (Lipinski definition) is 3. The van der Waals surface area contributed by atoms with Gasteiger partial charge in [-0.05, 0) is 56.9 Å². The second kappa shape index (κ2) is 10.6. The second-order valence-electron chi connectivity index (χ2n) is 7.47. The zero-order valence-corrected chi connectivity index (χ0v) is 18.1. The summed E-state index contributed by atoms with van der Waals surface area (Å²) in [4.78, 5) is 27.2. The summed E-state index contributed by atoms with van der Waals surface area (Å²) in [5.74, 6) is 0.315. The fourth-order valence-electron chi connectivity index (χ4n) is 3.13. The topological polar surface area (TPSA) is 58.6 Å². The third-order valence-electron chi connectivity index (χ3n) is 5.00. The summed E-state index contributed by atoms with van der Waals surface area (Å²) in [5.41, 5.74) is 4.23. The average Bonchev–Trinajstić information content (AvgIpc) is 2.70. The average molecular weight is 397 g/mol. The molecule has 0 aliphatic rings. The summed E-state index contributed by atoms with van der Waals surface area (Å²) < 4.78 is 5.79. The normalized spacial score (nSPS) is 11.6. The van der Waals surface area contributed by atoms with Gasteiger partial charge in [0, 0.05) is 13.1 Å². The molecule has 2 amide bonds. The molecule has 2 rings (SSSR count). The van der Waals surface area contributed by atoms with E-state index in [0.29, 0.717) is 18.8 Å². The lowest BCUT2D eigenvalue weighted by Gasteiger charge is -2.29. The first-order valence-corrected chi connectivity index (χ1v) is 10.1. The molecule has 2 aromatic rings. The summed E-state index contributed by atoms with van der Waals surface area (Å²) in [5, 5.41) is 2.88. The Bertz CT molecular complexity index is 848. The van der Waals surface area contributed by atoms with Crippen LogP contribution >= 0.6 is 0 Å². The van der Waals surface area contributed by atoms with Crippen molar-refractivity contribution in [3.8, 4) is 5.75 Å². The van der Waals surface area contributed by atoms with Crippen molar-refractivity contribution in [2.45, 2.75) is 53.6 Å². The number of nitrogens with zero attached hydrogens (tertiary/aromatic N) is 1. The van der Waals surface area contributed by atoms with Gasteiger partial charge in [-0.25, -0.2) is 0 Å². The Morgan fingerprint density at radius 2 is 1.79 bits per heavy atom. The summed E-state index contributed by atoms with van der Waals surface area (Å²) in [6, 6.07) is 13.2. The molecule has 1 atom stereocenters. The molecule has 5 heteroatoms. The number of rotatable bonds is 9. The van der Waals surface area contributed by atoms with E-state index in [-0.39, 0.29) is 18.4 Å². The van der Waals surface area contributed by atoms with Gasteiger partial charge in [-0.3, -0.25) is 9.59 Å². The van der Waals surface area contributed by atoms with E-state index < -0.39 is 6.04 Å². The minimum absolute atomic E-state index is 0.110.